The lowest BCUT2D eigenvalue weighted by Gasteiger charge is -2.06. The average molecular weight is 196 g/mol. The van der Waals surface area contributed by atoms with Crippen LogP contribution < -0.4 is 10.1 Å². The maximum atomic E-state index is 5.07. The van der Waals surface area contributed by atoms with Gasteiger partial charge in [0.05, 0.1) is 12.8 Å². The third kappa shape index (κ3) is 1.88. The molecule has 0 radical (unpaired) electrons. The average Bonchev–Trinajstić information content (AvgIpc) is 2.41. The second-order valence-electron chi connectivity index (χ2n) is 2.84. The van der Waals surface area contributed by atoms with Crippen LogP contribution in [-0.4, -0.2) is 24.4 Å². The predicted molar refractivity (Wildman–Crippen MR) is 54.6 cm³/mol. The Balaban J connectivity index is 2.32. The zero-order chi connectivity index (χ0) is 9.10. The normalized spacial score (nSPS) is 15.5. The Labute approximate surface area is 81.9 Å². The maximum Gasteiger partial charge on any atom is 0.214 e. The van der Waals surface area contributed by atoms with Crippen LogP contribution in [0.25, 0.3) is 0 Å². The molecule has 0 amide bonds. The molecule has 2 rings (SSSR count). The fourth-order valence-corrected chi connectivity index (χ4v) is 2.18. The summed E-state index contributed by atoms with van der Waals surface area (Å²) in [6.45, 7) is 1.04. The third-order valence-corrected chi connectivity index (χ3v) is 3.00. The molecule has 1 aliphatic rings. The van der Waals surface area contributed by atoms with Gasteiger partial charge in [0.25, 0.3) is 0 Å². The zero-order valence-electron chi connectivity index (χ0n) is 7.54. The van der Waals surface area contributed by atoms with E-state index in [0.29, 0.717) is 5.88 Å². The van der Waals surface area contributed by atoms with E-state index in [-0.39, 0.29) is 0 Å². The van der Waals surface area contributed by atoms with Crippen molar-refractivity contribution in [2.75, 3.05) is 24.7 Å². The first-order chi connectivity index (χ1) is 6.40. The molecule has 0 saturated carbocycles. The highest BCUT2D eigenvalue weighted by molar-refractivity contribution is 7.99. The van der Waals surface area contributed by atoms with Gasteiger partial charge in [0.2, 0.25) is 5.88 Å². The topological polar surface area (TPSA) is 34.1 Å². The van der Waals surface area contributed by atoms with E-state index in [9.17, 15) is 0 Å². The Hall–Kier alpha value is -0.900. The number of nitrogens with zero attached hydrogens (tertiary/aromatic N) is 1. The minimum atomic E-state index is 0.690. The van der Waals surface area contributed by atoms with Crippen LogP contribution in [0.4, 0.5) is 5.69 Å². The summed E-state index contributed by atoms with van der Waals surface area (Å²) in [6.07, 6.45) is 1.18. The highest BCUT2D eigenvalue weighted by atomic mass is 32.2. The van der Waals surface area contributed by atoms with Crippen molar-refractivity contribution in [3.63, 3.8) is 0 Å². The Kier molecular flexibility index (Phi) is 2.59. The summed E-state index contributed by atoms with van der Waals surface area (Å²) in [6, 6.07) is 3.91. The lowest BCUT2D eigenvalue weighted by atomic mass is 10.4. The molecular formula is C9H12N2OS. The van der Waals surface area contributed by atoms with Gasteiger partial charge in [-0.25, -0.2) is 4.98 Å². The highest BCUT2D eigenvalue weighted by Crippen LogP contribution is 2.29. The van der Waals surface area contributed by atoms with E-state index in [2.05, 4.69) is 10.3 Å². The smallest absolute Gasteiger partial charge is 0.214 e. The molecule has 0 spiro atoms. The standard InChI is InChI=1S/C9H12N2OS/c1-12-8-4-3-7-9(11-8)13-6-2-5-10-7/h3-4,10H,2,5-6H2,1H3. The lowest BCUT2D eigenvalue weighted by Crippen LogP contribution is -2.00. The van der Waals surface area contributed by atoms with Crippen molar-refractivity contribution in [3.8, 4) is 5.88 Å². The number of pyridine rings is 1. The van der Waals surface area contributed by atoms with Crippen LogP contribution in [0.5, 0.6) is 5.88 Å². The van der Waals surface area contributed by atoms with E-state index in [1.54, 1.807) is 18.9 Å². The first-order valence-electron chi connectivity index (χ1n) is 4.32. The summed E-state index contributed by atoms with van der Waals surface area (Å²) in [5, 5.41) is 4.39. The fourth-order valence-electron chi connectivity index (χ4n) is 1.25. The number of hydrogen-bond acceptors (Lipinski definition) is 4. The molecule has 1 aromatic rings. The number of thioether (sulfide) groups is 1. The van der Waals surface area contributed by atoms with Crippen LogP contribution in [0, 0.1) is 0 Å². The highest BCUT2D eigenvalue weighted by Gasteiger charge is 2.09. The molecule has 2 heterocycles. The molecule has 4 heteroatoms. The Morgan fingerprint density at radius 3 is 3.31 bits per heavy atom. The Morgan fingerprint density at radius 1 is 1.54 bits per heavy atom. The number of nitrogens with one attached hydrogen (secondary N) is 1. The molecule has 0 saturated heterocycles. The molecule has 1 N–H and O–H groups in total. The van der Waals surface area contributed by atoms with Crippen LogP contribution >= 0.6 is 11.8 Å². The number of anilines is 1. The van der Waals surface area contributed by atoms with E-state index in [4.69, 9.17) is 4.74 Å². The van der Waals surface area contributed by atoms with Crippen LogP contribution in [0.1, 0.15) is 6.42 Å². The van der Waals surface area contributed by atoms with Gasteiger partial charge in [0.1, 0.15) is 5.03 Å². The van der Waals surface area contributed by atoms with Gasteiger partial charge in [-0.05, 0) is 12.5 Å². The van der Waals surface area contributed by atoms with Crippen molar-refractivity contribution in [2.24, 2.45) is 0 Å². The minimum Gasteiger partial charge on any atom is -0.481 e. The molecular weight excluding hydrogens is 184 g/mol. The zero-order valence-corrected chi connectivity index (χ0v) is 8.36. The summed E-state index contributed by atoms with van der Waals surface area (Å²) in [5.74, 6) is 1.81. The van der Waals surface area contributed by atoms with E-state index < -0.39 is 0 Å². The predicted octanol–water partition coefficient (Wildman–Crippen LogP) is 2.00. The Bertz CT molecular complexity index is 304. The first-order valence-corrected chi connectivity index (χ1v) is 5.30. The summed E-state index contributed by atoms with van der Waals surface area (Å²) >= 11 is 1.79. The van der Waals surface area contributed by atoms with Gasteiger partial charge in [0.15, 0.2) is 0 Å². The Morgan fingerprint density at radius 2 is 2.46 bits per heavy atom. The van der Waals surface area contributed by atoms with E-state index >= 15 is 0 Å². The molecule has 0 unspecified atom stereocenters. The summed E-state index contributed by atoms with van der Waals surface area (Å²) in [4.78, 5) is 4.37. The maximum absolute atomic E-state index is 5.07. The van der Waals surface area contributed by atoms with Crippen molar-refractivity contribution >= 4 is 17.4 Å². The summed E-state index contributed by atoms with van der Waals surface area (Å²) in [5.41, 5.74) is 1.13. The van der Waals surface area contributed by atoms with E-state index in [1.165, 1.54) is 6.42 Å². The number of fused-ring (bicyclic) bond motifs is 1. The number of methoxy groups -OCH3 is 1. The van der Waals surface area contributed by atoms with Crippen molar-refractivity contribution < 1.29 is 4.74 Å². The number of aromatic nitrogens is 1. The van der Waals surface area contributed by atoms with Crippen LogP contribution in [0.15, 0.2) is 17.2 Å². The van der Waals surface area contributed by atoms with Crippen molar-refractivity contribution in [2.45, 2.75) is 11.4 Å². The minimum absolute atomic E-state index is 0.690. The van der Waals surface area contributed by atoms with Crippen LogP contribution in [0.2, 0.25) is 0 Å². The van der Waals surface area contributed by atoms with Gasteiger partial charge in [-0.2, -0.15) is 0 Å². The molecule has 0 fully saturated rings. The summed E-state index contributed by atoms with van der Waals surface area (Å²) in [7, 11) is 1.64. The van der Waals surface area contributed by atoms with Crippen molar-refractivity contribution in [1.82, 2.24) is 4.98 Å². The van der Waals surface area contributed by atoms with E-state index in [1.807, 2.05) is 12.1 Å². The monoisotopic (exact) mass is 196 g/mol. The van der Waals surface area contributed by atoms with Gasteiger partial charge in [0, 0.05) is 18.4 Å². The molecule has 0 atom stereocenters. The number of hydrogen-bond donors (Lipinski definition) is 1. The molecule has 0 aliphatic carbocycles. The summed E-state index contributed by atoms with van der Waals surface area (Å²) < 4.78 is 5.07. The first kappa shape index (κ1) is 8.69. The second kappa shape index (κ2) is 3.87. The van der Waals surface area contributed by atoms with Crippen LogP contribution in [-0.2, 0) is 0 Å². The van der Waals surface area contributed by atoms with Crippen molar-refractivity contribution in [3.05, 3.63) is 12.1 Å². The lowest BCUT2D eigenvalue weighted by molar-refractivity contribution is 0.395. The number of rotatable bonds is 1. The van der Waals surface area contributed by atoms with Crippen molar-refractivity contribution in [1.29, 1.82) is 0 Å². The fraction of sp³-hybridized carbons (Fsp3) is 0.444. The van der Waals surface area contributed by atoms with E-state index in [0.717, 1.165) is 23.0 Å². The van der Waals surface area contributed by atoms with Gasteiger partial charge in [-0.15, -0.1) is 11.8 Å². The molecule has 0 aromatic carbocycles. The van der Waals surface area contributed by atoms with Gasteiger partial charge >= 0.3 is 0 Å². The van der Waals surface area contributed by atoms with Gasteiger partial charge in [-0.3, -0.25) is 0 Å². The second-order valence-corrected chi connectivity index (χ2v) is 3.92. The van der Waals surface area contributed by atoms with Gasteiger partial charge < -0.3 is 10.1 Å². The molecule has 3 nitrogen and oxygen atoms in total. The van der Waals surface area contributed by atoms with Crippen LogP contribution in [0.3, 0.4) is 0 Å². The molecule has 1 aromatic heterocycles. The SMILES string of the molecule is COc1ccc2c(n1)SCCCN2. The quantitative estimate of drug-likeness (QED) is 0.745. The number of ether oxygens (including phenoxy) is 1. The molecule has 70 valence electrons. The largest absolute Gasteiger partial charge is 0.481 e. The third-order valence-electron chi connectivity index (χ3n) is 1.92. The molecule has 13 heavy (non-hydrogen) atoms. The van der Waals surface area contributed by atoms with Gasteiger partial charge in [-0.1, -0.05) is 0 Å². The molecule has 0 bridgehead atoms. The molecule has 1 aliphatic heterocycles.